The molecule has 0 spiro atoms. The minimum Gasteiger partial charge on any atom is -0.330 e. The lowest BCUT2D eigenvalue weighted by molar-refractivity contribution is 0.179. The van der Waals surface area contributed by atoms with Crippen molar-refractivity contribution in [2.24, 2.45) is 11.7 Å². The minimum absolute atomic E-state index is 0.860. The first-order valence-electron chi connectivity index (χ1n) is 7.35. The summed E-state index contributed by atoms with van der Waals surface area (Å²) in [4.78, 5) is 2.62. The van der Waals surface area contributed by atoms with Gasteiger partial charge in [-0.1, -0.05) is 30.3 Å². The van der Waals surface area contributed by atoms with Gasteiger partial charge in [-0.3, -0.25) is 0 Å². The predicted molar refractivity (Wildman–Crippen MR) is 77.6 cm³/mol. The van der Waals surface area contributed by atoms with Crippen molar-refractivity contribution in [2.75, 3.05) is 26.2 Å². The Balaban J connectivity index is 1.61. The smallest absolute Gasteiger partial charge is 0.00156 e. The molecule has 2 rings (SSSR count). The molecule has 1 aliphatic rings. The summed E-state index contributed by atoms with van der Waals surface area (Å²) < 4.78 is 0. The molecule has 1 aliphatic heterocycles. The molecular formula is C16H26N2. The fourth-order valence-electron chi connectivity index (χ4n) is 2.89. The second-order valence-corrected chi connectivity index (χ2v) is 5.45. The van der Waals surface area contributed by atoms with Crippen LogP contribution >= 0.6 is 0 Å². The van der Waals surface area contributed by atoms with Gasteiger partial charge in [-0.15, -0.1) is 0 Å². The minimum atomic E-state index is 0.860. The largest absolute Gasteiger partial charge is 0.330 e. The molecule has 2 heteroatoms. The van der Waals surface area contributed by atoms with Crippen LogP contribution in [-0.2, 0) is 6.42 Å². The molecule has 0 amide bonds. The second kappa shape index (κ2) is 7.55. The normalized spacial score (nSPS) is 18.1. The highest BCUT2D eigenvalue weighted by Gasteiger charge is 2.17. The summed E-state index contributed by atoms with van der Waals surface area (Å²) in [6.07, 6.45) is 6.41. The monoisotopic (exact) mass is 246 g/mol. The van der Waals surface area contributed by atoms with E-state index in [0.717, 1.165) is 12.5 Å². The first-order chi connectivity index (χ1) is 8.88. The molecule has 1 aromatic carbocycles. The van der Waals surface area contributed by atoms with Gasteiger partial charge in [0.2, 0.25) is 0 Å². The van der Waals surface area contributed by atoms with Crippen LogP contribution in [0.4, 0.5) is 0 Å². The lowest BCUT2D eigenvalue weighted by Gasteiger charge is -2.31. The number of piperidine rings is 1. The first kappa shape index (κ1) is 13.6. The molecule has 1 heterocycles. The number of hydrogen-bond acceptors (Lipinski definition) is 2. The highest BCUT2D eigenvalue weighted by Crippen LogP contribution is 2.19. The average molecular weight is 246 g/mol. The Morgan fingerprint density at radius 3 is 2.50 bits per heavy atom. The summed E-state index contributed by atoms with van der Waals surface area (Å²) in [5, 5.41) is 0. The van der Waals surface area contributed by atoms with Crippen LogP contribution in [0.25, 0.3) is 0 Å². The average Bonchev–Trinajstić information content (AvgIpc) is 2.42. The van der Waals surface area contributed by atoms with E-state index in [9.17, 15) is 0 Å². The predicted octanol–water partition coefficient (Wildman–Crippen LogP) is 2.68. The van der Waals surface area contributed by atoms with E-state index >= 15 is 0 Å². The molecule has 18 heavy (non-hydrogen) atoms. The van der Waals surface area contributed by atoms with E-state index in [0.29, 0.717) is 0 Å². The van der Waals surface area contributed by atoms with Crippen molar-refractivity contribution >= 4 is 0 Å². The van der Waals surface area contributed by atoms with Crippen molar-refractivity contribution in [1.29, 1.82) is 0 Å². The summed E-state index contributed by atoms with van der Waals surface area (Å²) in [6.45, 7) is 4.67. The van der Waals surface area contributed by atoms with Crippen molar-refractivity contribution < 1.29 is 0 Å². The van der Waals surface area contributed by atoms with Gasteiger partial charge >= 0.3 is 0 Å². The third-order valence-electron chi connectivity index (χ3n) is 4.06. The number of nitrogens with zero attached hydrogens (tertiary/aromatic N) is 1. The lowest BCUT2D eigenvalue weighted by Crippen LogP contribution is -2.35. The third kappa shape index (κ3) is 4.43. The van der Waals surface area contributed by atoms with Crippen molar-refractivity contribution in [2.45, 2.75) is 32.1 Å². The molecule has 0 aliphatic carbocycles. The van der Waals surface area contributed by atoms with E-state index in [4.69, 9.17) is 5.73 Å². The van der Waals surface area contributed by atoms with Gasteiger partial charge in [-0.05, 0) is 69.8 Å². The number of hydrogen-bond donors (Lipinski definition) is 1. The van der Waals surface area contributed by atoms with Crippen molar-refractivity contribution in [1.82, 2.24) is 4.90 Å². The Morgan fingerprint density at radius 2 is 1.83 bits per heavy atom. The molecule has 0 saturated carbocycles. The molecule has 0 radical (unpaired) electrons. The van der Waals surface area contributed by atoms with Crippen LogP contribution in [0.1, 0.15) is 31.2 Å². The number of rotatable bonds is 6. The van der Waals surface area contributed by atoms with E-state index < -0.39 is 0 Å². The van der Waals surface area contributed by atoms with Crippen LogP contribution in [0.15, 0.2) is 30.3 Å². The maximum Gasteiger partial charge on any atom is -0.00156 e. The van der Waals surface area contributed by atoms with Crippen LogP contribution in [0, 0.1) is 5.92 Å². The van der Waals surface area contributed by atoms with Gasteiger partial charge in [0.15, 0.2) is 0 Å². The fourth-order valence-corrected chi connectivity index (χ4v) is 2.89. The van der Waals surface area contributed by atoms with E-state index in [-0.39, 0.29) is 0 Å². The van der Waals surface area contributed by atoms with Crippen LogP contribution < -0.4 is 5.73 Å². The van der Waals surface area contributed by atoms with E-state index in [1.807, 2.05) is 0 Å². The molecule has 2 N–H and O–H groups in total. The third-order valence-corrected chi connectivity index (χ3v) is 4.06. The van der Waals surface area contributed by atoms with Gasteiger partial charge in [0.1, 0.15) is 0 Å². The molecule has 1 saturated heterocycles. The van der Waals surface area contributed by atoms with E-state index in [1.54, 1.807) is 0 Å². The zero-order chi connectivity index (χ0) is 12.6. The Labute approximate surface area is 111 Å². The maximum absolute atomic E-state index is 5.63. The van der Waals surface area contributed by atoms with Gasteiger partial charge in [0.05, 0.1) is 0 Å². The highest BCUT2D eigenvalue weighted by molar-refractivity contribution is 5.14. The summed E-state index contributed by atoms with van der Waals surface area (Å²) in [5.41, 5.74) is 7.09. The Bertz CT molecular complexity index is 315. The van der Waals surface area contributed by atoms with Gasteiger partial charge in [-0.25, -0.2) is 0 Å². The number of likely N-dealkylation sites (tertiary alicyclic amines) is 1. The van der Waals surface area contributed by atoms with Crippen LogP contribution in [0.2, 0.25) is 0 Å². The van der Waals surface area contributed by atoms with Crippen molar-refractivity contribution in [3.63, 3.8) is 0 Å². The van der Waals surface area contributed by atoms with Crippen LogP contribution in [-0.4, -0.2) is 31.1 Å². The molecular weight excluding hydrogens is 220 g/mol. The zero-order valence-electron chi connectivity index (χ0n) is 11.4. The molecule has 0 aromatic heterocycles. The molecule has 100 valence electrons. The van der Waals surface area contributed by atoms with Gasteiger partial charge < -0.3 is 10.6 Å². The fraction of sp³-hybridized carbons (Fsp3) is 0.625. The van der Waals surface area contributed by atoms with Gasteiger partial charge in [0, 0.05) is 0 Å². The molecule has 1 fully saturated rings. The summed E-state index contributed by atoms with van der Waals surface area (Å²) in [6, 6.07) is 10.8. The van der Waals surface area contributed by atoms with Gasteiger partial charge in [0.25, 0.3) is 0 Å². The SMILES string of the molecule is NCCC1CCN(CCCc2ccccc2)CC1. The highest BCUT2D eigenvalue weighted by atomic mass is 15.1. The zero-order valence-corrected chi connectivity index (χ0v) is 11.4. The summed E-state index contributed by atoms with van der Waals surface area (Å²) >= 11 is 0. The van der Waals surface area contributed by atoms with Crippen molar-refractivity contribution in [3.05, 3.63) is 35.9 Å². The Kier molecular flexibility index (Phi) is 5.69. The summed E-state index contributed by atoms with van der Waals surface area (Å²) in [7, 11) is 0. The number of nitrogens with two attached hydrogens (primary N) is 1. The molecule has 1 aromatic rings. The number of benzene rings is 1. The second-order valence-electron chi connectivity index (χ2n) is 5.45. The molecule has 0 unspecified atom stereocenters. The molecule has 0 atom stereocenters. The maximum atomic E-state index is 5.63. The standard InChI is InChI=1S/C16H26N2/c17-11-8-16-9-13-18(14-10-16)12-4-7-15-5-2-1-3-6-15/h1-3,5-6,16H,4,7-14,17H2. The summed E-state index contributed by atoms with van der Waals surface area (Å²) in [5.74, 6) is 0.889. The molecule has 2 nitrogen and oxygen atoms in total. The molecule has 0 bridgehead atoms. The van der Waals surface area contributed by atoms with Crippen LogP contribution in [0.5, 0.6) is 0 Å². The van der Waals surface area contributed by atoms with Gasteiger partial charge in [-0.2, -0.15) is 0 Å². The number of aryl methyl sites for hydroxylation is 1. The quantitative estimate of drug-likeness (QED) is 0.836. The Hall–Kier alpha value is -0.860. The lowest BCUT2D eigenvalue weighted by atomic mass is 9.93. The van der Waals surface area contributed by atoms with E-state index in [1.165, 1.54) is 57.3 Å². The first-order valence-corrected chi connectivity index (χ1v) is 7.35. The van der Waals surface area contributed by atoms with Crippen LogP contribution in [0.3, 0.4) is 0 Å². The topological polar surface area (TPSA) is 29.3 Å². The Morgan fingerprint density at radius 1 is 1.11 bits per heavy atom. The van der Waals surface area contributed by atoms with E-state index in [2.05, 4.69) is 35.2 Å². The van der Waals surface area contributed by atoms with Crippen molar-refractivity contribution in [3.8, 4) is 0 Å².